The predicted molar refractivity (Wildman–Crippen MR) is 70.1 cm³/mol. The molecule has 1 atom stereocenters. The van der Waals surface area contributed by atoms with E-state index in [4.69, 9.17) is 4.74 Å². The van der Waals surface area contributed by atoms with Crippen molar-refractivity contribution in [2.75, 3.05) is 6.61 Å². The third kappa shape index (κ3) is 2.82. The highest BCUT2D eigenvalue weighted by Gasteiger charge is 2.28. The third-order valence-corrected chi connectivity index (χ3v) is 2.67. The molecule has 0 aliphatic rings. The van der Waals surface area contributed by atoms with E-state index in [1.807, 2.05) is 6.07 Å². The molecule has 7 heteroatoms. The molecule has 20 heavy (non-hydrogen) atoms. The van der Waals surface area contributed by atoms with E-state index in [1.165, 1.54) is 16.9 Å². The number of carbonyl (C=O) groups excluding carboxylic acids is 1. The quantitative estimate of drug-likeness (QED) is 0.472. The van der Waals surface area contributed by atoms with E-state index in [-0.39, 0.29) is 12.4 Å². The summed E-state index contributed by atoms with van der Waals surface area (Å²) in [7, 11) is 0. The summed E-state index contributed by atoms with van der Waals surface area (Å²) in [5.41, 5.74) is 0.656. The number of hydrogen-bond donors (Lipinski definition) is 0. The molecule has 0 bridgehead atoms. The lowest BCUT2D eigenvalue weighted by molar-refractivity contribution is -0.389. The van der Waals surface area contributed by atoms with E-state index in [1.54, 1.807) is 31.2 Å². The van der Waals surface area contributed by atoms with E-state index >= 15 is 0 Å². The Bertz CT molecular complexity index is 609. The van der Waals surface area contributed by atoms with Crippen LogP contribution in [-0.2, 0) is 9.53 Å². The number of nitrogens with zero attached hydrogens (tertiary/aromatic N) is 3. The van der Waals surface area contributed by atoms with E-state index in [9.17, 15) is 14.9 Å². The van der Waals surface area contributed by atoms with Crippen molar-refractivity contribution in [1.29, 1.82) is 0 Å². The average Bonchev–Trinajstić information content (AvgIpc) is 2.90. The first kappa shape index (κ1) is 13.7. The third-order valence-electron chi connectivity index (χ3n) is 2.67. The van der Waals surface area contributed by atoms with Gasteiger partial charge in [0, 0.05) is 0 Å². The normalized spacial score (nSPS) is 11.8. The molecule has 7 nitrogen and oxygen atoms in total. The summed E-state index contributed by atoms with van der Waals surface area (Å²) in [6.07, 6.45) is 1.40. The van der Waals surface area contributed by atoms with E-state index in [0.29, 0.717) is 5.56 Å². The minimum atomic E-state index is -0.829. The van der Waals surface area contributed by atoms with Gasteiger partial charge in [-0.1, -0.05) is 30.3 Å². The first-order valence-corrected chi connectivity index (χ1v) is 6.04. The Morgan fingerprint density at radius 2 is 2.10 bits per heavy atom. The summed E-state index contributed by atoms with van der Waals surface area (Å²) in [4.78, 5) is 22.1. The Morgan fingerprint density at radius 1 is 1.40 bits per heavy atom. The van der Waals surface area contributed by atoms with Gasteiger partial charge in [-0.25, -0.2) is 4.79 Å². The van der Waals surface area contributed by atoms with Crippen LogP contribution in [0.4, 0.5) is 5.82 Å². The molecule has 1 aromatic heterocycles. The van der Waals surface area contributed by atoms with Crippen LogP contribution in [0.5, 0.6) is 0 Å². The molecule has 0 N–H and O–H groups in total. The van der Waals surface area contributed by atoms with Gasteiger partial charge in [0.25, 0.3) is 0 Å². The zero-order valence-corrected chi connectivity index (χ0v) is 10.8. The molecule has 2 aromatic rings. The topological polar surface area (TPSA) is 87.3 Å². The Morgan fingerprint density at radius 3 is 2.65 bits per heavy atom. The van der Waals surface area contributed by atoms with Gasteiger partial charge in [-0.05, 0) is 17.4 Å². The first-order chi connectivity index (χ1) is 9.63. The summed E-state index contributed by atoms with van der Waals surface area (Å²) < 4.78 is 6.25. The van der Waals surface area contributed by atoms with Crippen LogP contribution in [0.15, 0.2) is 42.6 Å². The molecule has 0 amide bonds. The second-order valence-electron chi connectivity index (χ2n) is 3.98. The molecule has 0 fully saturated rings. The number of ether oxygens (including phenoxy) is 1. The maximum Gasteiger partial charge on any atom is 0.389 e. The van der Waals surface area contributed by atoms with Crippen LogP contribution in [-0.4, -0.2) is 27.3 Å². The standard InChI is InChI=1S/C13H13N3O4/c1-2-20-13(17)12(10-6-4-3-5-7-10)15-9-8-11(14-15)16(18)19/h3-9,12H,2H2,1H3. The molecule has 1 unspecified atom stereocenters. The smallest absolute Gasteiger partial charge is 0.389 e. The van der Waals surface area contributed by atoms with Gasteiger partial charge >= 0.3 is 11.8 Å². The van der Waals surface area contributed by atoms with Crippen molar-refractivity contribution < 1.29 is 14.5 Å². The summed E-state index contributed by atoms with van der Waals surface area (Å²) in [6, 6.07) is 9.28. The van der Waals surface area contributed by atoms with Crippen LogP contribution in [0.3, 0.4) is 0 Å². The van der Waals surface area contributed by atoms with E-state index < -0.39 is 16.9 Å². The molecular weight excluding hydrogens is 262 g/mol. The van der Waals surface area contributed by atoms with Gasteiger partial charge in [0.2, 0.25) is 0 Å². The zero-order valence-electron chi connectivity index (χ0n) is 10.8. The summed E-state index contributed by atoms with van der Waals surface area (Å²) >= 11 is 0. The fraction of sp³-hybridized carbons (Fsp3) is 0.231. The van der Waals surface area contributed by atoms with Crippen LogP contribution < -0.4 is 0 Å². The van der Waals surface area contributed by atoms with Crippen molar-refractivity contribution in [2.45, 2.75) is 13.0 Å². The predicted octanol–water partition coefficient (Wildman–Crippen LogP) is 1.94. The van der Waals surface area contributed by atoms with Crippen molar-refractivity contribution >= 4 is 11.8 Å². The van der Waals surface area contributed by atoms with Crippen LogP contribution >= 0.6 is 0 Å². The van der Waals surface area contributed by atoms with Gasteiger partial charge in [-0.3, -0.25) is 0 Å². The molecule has 0 aliphatic carbocycles. The highest BCUT2D eigenvalue weighted by molar-refractivity contribution is 5.78. The molecule has 0 radical (unpaired) electrons. The van der Waals surface area contributed by atoms with Gasteiger partial charge in [0.15, 0.2) is 6.04 Å². The Hall–Kier alpha value is -2.70. The molecule has 0 saturated heterocycles. The minimum Gasteiger partial charge on any atom is -0.464 e. The average molecular weight is 275 g/mol. The largest absolute Gasteiger partial charge is 0.464 e. The van der Waals surface area contributed by atoms with Gasteiger partial charge in [0.1, 0.15) is 0 Å². The fourth-order valence-electron chi connectivity index (χ4n) is 1.82. The van der Waals surface area contributed by atoms with Crippen LogP contribution in [0.1, 0.15) is 18.5 Å². The summed E-state index contributed by atoms with van der Waals surface area (Å²) in [5.74, 6) is -0.813. The monoisotopic (exact) mass is 275 g/mol. The van der Waals surface area contributed by atoms with Crippen LogP contribution in [0.25, 0.3) is 0 Å². The number of rotatable bonds is 5. The van der Waals surface area contributed by atoms with E-state index in [0.717, 1.165) is 0 Å². The Balaban J connectivity index is 2.40. The molecule has 1 heterocycles. The number of carbonyl (C=O) groups is 1. The molecule has 0 aliphatic heterocycles. The SMILES string of the molecule is CCOC(=O)C(c1ccccc1)n1ccc([N+](=O)[O-])n1. The lowest BCUT2D eigenvalue weighted by Crippen LogP contribution is -2.23. The number of benzene rings is 1. The van der Waals surface area contributed by atoms with Crippen LogP contribution in [0, 0.1) is 10.1 Å². The second-order valence-corrected chi connectivity index (χ2v) is 3.98. The van der Waals surface area contributed by atoms with Crippen molar-refractivity contribution in [1.82, 2.24) is 9.78 Å². The van der Waals surface area contributed by atoms with Crippen molar-refractivity contribution in [3.05, 3.63) is 58.3 Å². The summed E-state index contributed by atoms with van der Waals surface area (Å²) in [5, 5.41) is 14.5. The molecule has 1 aromatic carbocycles. The van der Waals surface area contributed by atoms with Gasteiger partial charge in [-0.2, -0.15) is 4.68 Å². The zero-order chi connectivity index (χ0) is 14.5. The first-order valence-electron chi connectivity index (χ1n) is 6.04. The molecule has 104 valence electrons. The van der Waals surface area contributed by atoms with Gasteiger partial charge in [0.05, 0.1) is 24.0 Å². The van der Waals surface area contributed by atoms with Crippen molar-refractivity contribution in [2.24, 2.45) is 0 Å². The van der Waals surface area contributed by atoms with Gasteiger partial charge in [-0.15, -0.1) is 0 Å². The molecule has 2 rings (SSSR count). The van der Waals surface area contributed by atoms with Crippen molar-refractivity contribution in [3.63, 3.8) is 0 Å². The van der Waals surface area contributed by atoms with Crippen molar-refractivity contribution in [3.8, 4) is 0 Å². The fourth-order valence-corrected chi connectivity index (χ4v) is 1.82. The maximum atomic E-state index is 12.1. The van der Waals surface area contributed by atoms with Crippen LogP contribution in [0.2, 0.25) is 0 Å². The number of hydrogen-bond acceptors (Lipinski definition) is 5. The molecule has 0 spiro atoms. The van der Waals surface area contributed by atoms with Gasteiger partial charge < -0.3 is 14.9 Å². The second kappa shape index (κ2) is 5.96. The number of nitro groups is 1. The number of esters is 1. The highest BCUT2D eigenvalue weighted by Crippen LogP contribution is 2.21. The maximum absolute atomic E-state index is 12.1. The Labute approximate surface area is 114 Å². The Kier molecular flexibility index (Phi) is 4.09. The molecular formula is C13H13N3O4. The van der Waals surface area contributed by atoms with E-state index in [2.05, 4.69) is 5.10 Å². The highest BCUT2D eigenvalue weighted by atomic mass is 16.6. The lowest BCUT2D eigenvalue weighted by atomic mass is 10.1. The lowest BCUT2D eigenvalue weighted by Gasteiger charge is -2.13. The number of aromatic nitrogens is 2. The summed E-state index contributed by atoms with van der Waals surface area (Å²) in [6.45, 7) is 1.93. The minimum absolute atomic E-state index is 0.228. The molecule has 0 saturated carbocycles.